The molecule has 2 N–H and O–H groups in total. The van der Waals surface area contributed by atoms with Crippen molar-refractivity contribution in [2.24, 2.45) is 0 Å². The van der Waals surface area contributed by atoms with E-state index in [0.29, 0.717) is 29.6 Å². The van der Waals surface area contributed by atoms with Crippen LogP contribution in [0.25, 0.3) is 0 Å². The molecule has 0 unspecified atom stereocenters. The summed E-state index contributed by atoms with van der Waals surface area (Å²) in [4.78, 5) is 26.0. The van der Waals surface area contributed by atoms with Crippen LogP contribution in [-0.2, 0) is 6.42 Å². The lowest BCUT2D eigenvalue weighted by molar-refractivity contribution is 0.0696. The number of amides is 1. The van der Waals surface area contributed by atoms with Crippen molar-refractivity contribution in [2.75, 3.05) is 18.5 Å². The molecule has 0 aromatic heterocycles. The van der Waals surface area contributed by atoms with Crippen molar-refractivity contribution in [2.45, 2.75) is 44.6 Å². The summed E-state index contributed by atoms with van der Waals surface area (Å²) in [7, 11) is 2.06. The molecule has 0 heterocycles. The number of carbonyl (C=O) groups is 2. The molecule has 5 nitrogen and oxygen atoms in total. The quantitative estimate of drug-likeness (QED) is 0.684. The van der Waals surface area contributed by atoms with Gasteiger partial charge in [-0.15, -0.1) is 0 Å². The number of aromatic carboxylic acids is 1. The second-order valence-electron chi connectivity index (χ2n) is 7.57. The van der Waals surface area contributed by atoms with Crippen molar-refractivity contribution in [3.8, 4) is 0 Å². The molecule has 0 spiro atoms. The number of nitrogens with one attached hydrogen (secondary N) is 1. The first-order valence-corrected chi connectivity index (χ1v) is 10.5. The van der Waals surface area contributed by atoms with E-state index in [9.17, 15) is 9.59 Å². The Morgan fingerprint density at radius 2 is 1.79 bits per heavy atom. The number of anilines is 1. The van der Waals surface area contributed by atoms with Gasteiger partial charge in [0, 0.05) is 30.3 Å². The van der Waals surface area contributed by atoms with E-state index in [1.807, 2.05) is 12.1 Å². The summed E-state index contributed by atoms with van der Waals surface area (Å²) in [6.07, 6.45) is 6.65. The molecule has 6 heteroatoms. The van der Waals surface area contributed by atoms with Crippen LogP contribution in [0.5, 0.6) is 0 Å². The Labute approximate surface area is 176 Å². The summed E-state index contributed by atoms with van der Waals surface area (Å²) in [5.41, 5.74) is 2.73. The SMILES string of the molecule is CN(c1ccc(Cl)cc1C(=O)NCCc1ccc(C(=O)O)cc1)C1CCCCC1. The number of benzene rings is 2. The Kier molecular flexibility index (Phi) is 7.15. The van der Waals surface area contributed by atoms with Crippen molar-refractivity contribution in [1.82, 2.24) is 5.32 Å². The Bertz CT molecular complexity index is 861. The van der Waals surface area contributed by atoms with Gasteiger partial charge in [0.05, 0.1) is 11.1 Å². The van der Waals surface area contributed by atoms with Crippen LogP contribution >= 0.6 is 11.6 Å². The first-order valence-electron chi connectivity index (χ1n) is 10.1. The molecule has 29 heavy (non-hydrogen) atoms. The number of hydrogen-bond acceptors (Lipinski definition) is 3. The summed E-state index contributed by atoms with van der Waals surface area (Å²) in [6, 6.07) is 12.6. The Morgan fingerprint density at radius 3 is 2.45 bits per heavy atom. The van der Waals surface area contributed by atoms with Gasteiger partial charge in [0.2, 0.25) is 0 Å². The molecule has 154 valence electrons. The van der Waals surface area contributed by atoms with E-state index in [1.54, 1.807) is 30.3 Å². The van der Waals surface area contributed by atoms with Gasteiger partial charge in [-0.25, -0.2) is 4.79 Å². The van der Waals surface area contributed by atoms with Gasteiger partial charge >= 0.3 is 5.97 Å². The topological polar surface area (TPSA) is 69.6 Å². The van der Waals surface area contributed by atoms with Gasteiger partial charge in [-0.2, -0.15) is 0 Å². The van der Waals surface area contributed by atoms with Crippen LogP contribution in [0.3, 0.4) is 0 Å². The molecule has 2 aromatic rings. The zero-order valence-corrected chi connectivity index (χ0v) is 17.4. The van der Waals surface area contributed by atoms with E-state index in [-0.39, 0.29) is 11.5 Å². The standard InChI is InChI=1S/C23H27ClN2O3/c1-26(19-5-3-2-4-6-19)21-12-11-18(24)15-20(21)22(27)25-14-13-16-7-9-17(10-8-16)23(28)29/h7-12,15,19H,2-6,13-14H2,1H3,(H,25,27)(H,28,29). The molecule has 0 radical (unpaired) electrons. The fourth-order valence-corrected chi connectivity index (χ4v) is 4.06. The van der Waals surface area contributed by atoms with Crippen molar-refractivity contribution < 1.29 is 14.7 Å². The zero-order valence-electron chi connectivity index (χ0n) is 16.7. The van der Waals surface area contributed by atoms with Crippen LogP contribution in [0, 0.1) is 0 Å². The number of carbonyl (C=O) groups excluding carboxylic acids is 1. The highest BCUT2D eigenvalue weighted by atomic mass is 35.5. The van der Waals surface area contributed by atoms with E-state index in [0.717, 1.165) is 24.1 Å². The van der Waals surface area contributed by atoms with Crippen molar-refractivity contribution in [3.63, 3.8) is 0 Å². The van der Waals surface area contributed by atoms with Gasteiger partial charge in [-0.1, -0.05) is 43.0 Å². The monoisotopic (exact) mass is 414 g/mol. The first-order chi connectivity index (χ1) is 14.0. The molecule has 0 atom stereocenters. The largest absolute Gasteiger partial charge is 0.478 e. The lowest BCUT2D eigenvalue weighted by Crippen LogP contribution is -2.35. The molecule has 1 aliphatic carbocycles. The zero-order chi connectivity index (χ0) is 20.8. The average Bonchev–Trinajstić information content (AvgIpc) is 2.74. The van der Waals surface area contributed by atoms with Gasteiger partial charge in [0.1, 0.15) is 0 Å². The van der Waals surface area contributed by atoms with Gasteiger partial charge < -0.3 is 15.3 Å². The maximum absolute atomic E-state index is 12.9. The van der Waals surface area contributed by atoms with Crippen LogP contribution in [0.1, 0.15) is 58.4 Å². The fraction of sp³-hybridized carbons (Fsp3) is 0.391. The van der Waals surface area contributed by atoms with E-state index < -0.39 is 5.97 Å². The van der Waals surface area contributed by atoms with Crippen LogP contribution in [-0.4, -0.2) is 36.6 Å². The lowest BCUT2D eigenvalue weighted by Gasteiger charge is -2.34. The predicted molar refractivity (Wildman–Crippen MR) is 116 cm³/mol. The summed E-state index contributed by atoms with van der Waals surface area (Å²) in [6.45, 7) is 0.463. The minimum atomic E-state index is -0.944. The number of halogens is 1. The summed E-state index contributed by atoms with van der Waals surface area (Å²) >= 11 is 6.18. The molecule has 0 aliphatic heterocycles. The second-order valence-corrected chi connectivity index (χ2v) is 8.01. The second kappa shape index (κ2) is 9.79. The van der Waals surface area contributed by atoms with Crippen molar-refractivity contribution in [3.05, 3.63) is 64.2 Å². The molecule has 0 bridgehead atoms. The fourth-order valence-electron chi connectivity index (χ4n) is 3.89. The highest BCUT2D eigenvalue weighted by Crippen LogP contribution is 2.30. The van der Waals surface area contributed by atoms with Crippen LogP contribution in [0.2, 0.25) is 5.02 Å². The molecular weight excluding hydrogens is 388 g/mol. The maximum Gasteiger partial charge on any atom is 0.335 e. The Morgan fingerprint density at radius 1 is 1.10 bits per heavy atom. The van der Waals surface area contributed by atoms with Crippen LogP contribution in [0.4, 0.5) is 5.69 Å². The van der Waals surface area contributed by atoms with Crippen LogP contribution < -0.4 is 10.2 Å². The third-order valence-electron chi connectivity index (χ3n) is 5.61. The van der Waals surface area contributed by atoms with Crippen molar-refractivity contribution >= 4 is 29.2 Å². The molecule has 1 saturated carbocycles. The highest BCUT2D eigenvalue weighted by molar-refractivity contribution is 6.31. The maximum atomic E-state index is 12.9. The van der Waals surface area contributed by atoms with E-state index in [1.165, 1.54) is 19.3 Å². The van der Waals surface area contributed by atoms with E-state index >= 15 is 0 Å². The average molecular weight is 415 g/mol. The van der Waals surface area contributed by atoms with Crippen LogP contribution in [0.15, 0.2) is 42.5 Å². The molecule has 3 rings (SSSR count). The number of rotatable bonds is 7. The minimum absolute atomic E-state index is 0.146. The molecule has 2 aromatic carbocycles. The van der Waals surface area contributed by atoms with Gasteiger partial charge in [-0.05, 0) is 55.2 Å². The molecule has 1 fully saturated rings. The molecule has 1 aliphatic rings. The van der Waals surface area contributed by atoms with E-state index in [2.05, 4.69) is 17.3 Å². The van der Waals surface area contributed by atoms with Gasteiger partial charge in [-0.3, -0.25) is 4.79 Å². The minimum Gasteiger partial charge on any atom is -0.478 e. The summed E-state index contributed by atoms with van der Waals surface area (Å²) in [5.74, 6) is -1.09. The van der Waals surface area contributed by atoms with E-state index in [4.69, 9.17) is 16.7 Å². The number of carboxylic acid groups (broad SMARTS) is 1. The third kappa shape index (κ3) is 5.51. The van der Waals surface area contributed by atoms with Gasteiger partial charge in [0.25, 0.3) is 5.91 Å². The molecule has 1 amide bonds. The van der Waals surface area contributed by atoms with Gasteiger partial charge in [0.15, 0.2) is 0 Å². The Balaban J connectivity index is 1.65. The molecule has 0 saturated heterocycles. The smallest absolute Gasteiger partial charge is 0.335 e. The summed E-state index contributed by atoms with van der Waals surface area (Å²) in [5, 5.41) is 12.5. The lowest BCUT2D eigenvalue weighted by atomic mass is 9.93. The predicted octanol–water partition coefficient (Wildman–Crippen LogP) is 4.78. The first kappa shape index (κ1) is 21.2. The normalized spacial score (nSPS) is 14.4. The highest BCUT2D eigenvalue weighted by Gasteiger charge is 2.22. The third-order valence-corrected chi connectivity index (χ3v) is 5.84. The Hall–Kier alpha value is -2.53. The summed E-state index contributed by atoms with van der Waals surface area (Å²) < 4.78 is 0. The number of hydrogen-bond donors (Lipinski definition) is 2. The molecular formula is C23H27ClN2O3. The van der Waals surface area contributed by atoms with Crippen molar-refractivity contribution in [1.29, 1.82) is 0 Å². The number of carboxylic acids is 1. The number of nitrogens with zero attached hydrogens (tertiary/aromatic N) is 1.